The fourth-order valence-electron chi connectivity index (χ4n) is 0.696. The highest BCUT2D eigenvalue weighted by Crippen LogP contribution is 2.28. The Kier molecular flexibility index (Phi) is 3.71. The molecule has 0 bridgehead atoms. The van der Waals surface area contributed by atoms with Gasteiger partial charge in [0.15, 0.2) is 0 Å². The first-order valence-corrected chi connectivity index (χ1v) is 4.97. The van der Waals surface area contributed by atoms with Gasteiger partial charge in [0.1, 0.15) is 5.54 Å². The molecular formula is C11H23N3. The number of nitriles is 1. The first kappa shape index (κ1) is 13.4. The molecule has 1 unspecified atom stereocenters. The van der Waals surface area contributed by atoms with Crippen molar-refractivity contribution < 1.29 is 0 Å². The minimum Gasteiger partial charge on any atom is -0.251 e. The summed E-state index contributed by atoms with van der Waals surface area (Å²) in [5.74, 6) is 0. The lowest BCUT2D eigenvalue weighted by Gasteiger charge is -2.39. The number of hydrazine groups is 1. The standard InChI is InChI=1S/C11H23N3/c1-9(2,3)11(7,8-12)14-13-10(4,5)6/h13-14H,1-7H3. The van der Waals surface area contributed by atoms with Gasteiger partial charge in [0.05, 0.1) is 6.07 Å². The van der Waals surface area contributed by atoms with Crippen LogP contribution >= 0.6 is 0 Å². The highest BCUT2D eigenvalue weighted by molar-refractivity contribution is 5.10. The highest BCUT2D eigenvalue weighted by atomic mass is 15.4. The smallest absolute Gasteiger partial charge is 0.120 e. The Morgan fingerprint density at radius 1 is 0.857 bits per heavy atom. The van der Waals surface area contributed by atoms with E-state index in [2.05, 4.69) is 37.7 Å². The van der Waals surface area contributed by atoms with Crippen LogP contribution in [-0.2, 0) is 0 Å². The molecule has 3 nitrogen and oxygen atoms in total. The van der Waals surface area contributed by atoms with E-state index in [4.69, 9.17) is 5.26 Å². The lowest BCUT2D eigenvalue weighted by molar-refractivity contribution is 0.167. The Morgan fingerprint density at radius 3 is 1.50 bits per heavy atom. The van der Waals surface area contributed by atoms with Gasteiger partial charge < -0.3 is 0 Å². The maximum absolute atomic E-state index is 9.17. The molecule has 0 radical (unpaired) electrons. The normalized spacial score (nSPS) is 17.3. The van der Waals surface area contributed by atoms with Gasteiger partial charge in [-0.3, -0.25) is 5.43 Å². The molecule has 2 N–H and O–H groups in total. The lowest BCUT2D eigenvalue weighted by atomic mass is 9.76. The summed E-state index contributed by atoms with van der Waals surface area (Å²) >= 11 is 0. The van der Waals surface area contributed by atoms with E-state index < -0.39 is 5.54 Å². The molecule has 0 rings (SSSR count). The second kappa shape index (κ2) is 3.88. The summed E-state index contributed by atoms with van der Waals surface area (Å²) in [5, 5.41) is 9.17. The third-order valence-corrected chi connectivity index (χ3v) is 2.41. The zero-order valence-electron chi connectivity index (χ0n) is 10.4. The van der Waals surface area contributed by atoms with E-state index in [1.54, 1.807) is 0 Å². The topological polar surface area (TPSA) is 47.8 Å². The predicted octanol–water partition coefficient (Wildman–Crippen LogP) is 2.21. The van der Waals surface area contributed by atoms with Crippen LogP contribution in [0.1, 0.15) is 48.5 Å². The second-order valence-corrected chi connectivity index (χ2v) is 5.99. The molecule has 0 aliphatic rings. The average molecular weight is 197 g/mol. The molecule has 82 valence electrons. The van der Waals surface area contributed by atoms with Gasteiger partial charge in [-0.25, -0.2) is 5.43 Å². The van der Waals surface area contributed by atoms with Crippen LogP contribution in [0.2, 0.25) is 0 Å². The summed E-state index contributed by atoms with van der Waals surface area (Å²) in [6.07, 6.45) is 0. The Bertz CT molecular complexity index is 226. The van der Waals surface area contributed by atoms with Crippen LogP contribution in [0.25, 0.3) is 0 Å². The van der Waals surface area contributed by atoms with Crippen molar-refractivity contribution in [3.8, 4) is 6.07 Å². The summed E-state index contributed by atoms with van der Waals surface area (Å²) in [6.45, 7) is 14.2. The lowest BCUT2D eigenvalue weighted by Crippen LogP contribution is -2.61. The van der Waals surface area contributed by atoms with E-state index in [9.17, 15) is 0 Å². The molecule has 14 heavy (non-hydrogen) atoms. The predicted molar refractivity (Wildman–Crippen MR) is 59.5 cm³/mol. The van der Waals surface area contributed by atoms with E-state index in [0.717, 1.165) is 0 Å². The van der Waals surface area contributed by atoms with Crippen LogP contribution in [-0.4, -0.2) is 11.1 Å². The average Bonchev–Trinajstić information content (AvgIpc) is 1.96. The first-order chi connectivity index (χ1) is 6.02. The number of hydrogen-bond donors (Lipinski definition) is 2. The fourth-order valence-corrected chi connectivity index (χ4v) is 0.696. The third kappa shape index (κ3) is 3.65. The molecule has 0 saturated heterocycles. The number of nitrogens with zero attached hydrogens (tertiary/aromatic N) is 1. The van der Waals surface area contributed by atoms with E-state index in [1.807, 2.05) is 27.7 Å². The molecule has 0 saturated carbocycles. The molecule has 0 fully saturated rings. The maximum Gasteiger partial charge on any atom is 0.120 e. The van der Waals surface area contributed by atoms with Gasteiger partial charge in [-0.2, -0.15) is 5.26 Å². The minimum atomic E-state index is -0.569. The van der Waals surface area contributed by atoms with Crippen molar-refractivity contribution in [2.75, 3.05) is 0 Å². The molecule has 0 heterocycles. The van der Waals surface area contributed by atoms with Crippen molar-refractivity contribution in [2.24, 2.45) is 5.41 Å². The largest absolute Gasteiger partial charge is 0.251 e. The van der Waals surface area contributed by atoms with Crippen molar-refractivity contribution in [1.82, 2.24) is 10.9 Å². The Labute approximate surface area is 87.9 Å². The number of rotatable bonds is 2. The van der Waals surface area contributed by atoms with Gasteiger partial charge in [0.2, 0.25) is 0 Å². The van der Waals surface area contributed by atoms with Crippen LogP contribution in [0.3, 0.4) is 0 Å². The molecule has 0 aliphatic heterocycles. The van der Waals surface area contributed by atoms with Gasteiger partial charge >= 0.3 is 0 Å². The van der Waals surface area contributed by atoms with Crippen molar-refractivity contribution in [3.63, 3.8) is 0 Å². The first-order valence-electron chi connectivity index (χ1n) is 4.97. The zero-order valence-corrected chi connectivity index (χ0v) is 10.4. The molecule has 0 aliphatic carbocycles. The molecule has 0 aromatic rings. The fraction of sp³-hybridized carbons (Fsp3) is 0.909. The Morgan fingerprint density at radius 2 is 1.29 bits per heavy atom. The van der Waals surface area contributed by atoms with Gasteiger partial charge in [-0.1, -0.05) is 20.8 Å². The Hall–Kier alpha value is -0.590. The van der Waals surface area contributed by atoms with E-state index in [1.165, 1.54) is 0 Å². The summed E-state index contributed by atoms with van der Waals surface area (Å²) in [4.78, 5) is 0. The molecule has 0 aromatic heterocycles. The van der Waals surface area contributed by atoms with Crippen LogP contribution in [0.5, 0.6) is 0 Å². The third-order valence-electron chi connectivity index (χ3n) is 2.41. The van der Waals surface area contributed by atoms with Crippen LogP contribution in [0.4, 0.5) is 0 Å². The second-order valence-electron chi connectivity index (χ2n) is 5.99. The number of hydrogen-bond acceptors (Lipinski definition) is 3. The molecule has 0 spiro atoms. The van der Waals surface area contributed by atoms with Crippen LogP contribution in [0.15, 0.2) is 0 Å². The van der Waals surface area contributed by atoms with Crippen molar-refractivity contribution in [1.29, 1.82) is 5.26 Å². The Balaban J connectivity index is 4.54. The van der Waals surface area contributed by atoms with E-state index >= 15 is 0 Å². The SMILES string of the molecule is CC(C)(C)NNC(C)(C#N)C(C)(C)C. The quantitative estimate of drug-likeness (QED) is 0.667. The van der Waals surface area contributed by atoms with Crippen LogP contribution in [0, 0.1) is 16.7 Å². The van der Waals surface area contributed by atoms with Gasteiger partial charge in [-0.15, -0.1) is 0 Å². The zero-order chi connectivity index (χ0) is 11.6. The van der Waals surface area contributed by atoms with Gasteiger partial charge in [-0.05, 0) is 33.1 Å². The summed E-state index contributed by atoms with van der Waals surface area (Å²) < 4.78 is 0. The van der Waals surface area contributed by atoms with Crippen molar-refractivity contribution in [3.05, 3.63) is 0 Å². The minimum absolute atomic E-state index is 0.0383. The van der Waals surface area contributed by atoms with Gasteiger partial charge in [0, 0.05) is 5.54 Å². The number of nitrogens with one attached hydrogen (secondary N) is 2. The monoisotopic (exact) mass is 197 g/mol. The van der Waals surface area contributed by atoms with Crippen molar-refractivity contribution >= 4 is 0 Å². The molecule has 0 aromatic carbocycles. The van der Waals surface area contributed by atoms with Gasteiger partial charge in [0.25, 0.3) is 0 Å². The molecule has 0 amide bonds. The van der Waals surface area contributed by atoms with E-state index in [-0.39, 0.29) is 11.0 Å². The molecule has 1 atom stereocenters. The highest BCUT2D eigenvalue weighted by Gasteiger charge is 2.38. The van der Waals surface area contributed by atoms with Crippen LogP contribution < -0.4 is 10.9 Å². The maximum atomic E-state index is 9.17. The molecular weight excluding hydrogens is 174 g/mol. The molecule has 3 heteroatoms. The summed E-state index contributed by atoms with van der Waals surface area (Å²) in [7, 11) is 0. The van der Waals surface area contributed by atoms with E-state index in [0.29, 0.717) is 0 Å². The summed E-state index contributed by atoms with van der Waals surface area (Å²) in [6, 6.07) is 2.32. The van der Waals surface area contributed by atoms with Crippen molar-refractivity contribution in [2.45, 2.75) is 59.5 Å². The summed E-state index contributed by atoms with van der Waals surface area (Å²) in [5.41, 5.74) is 5.54.